The van der Waals surface area contributed by atoms with E-state index < -0.39 is 10.0 Å². The quantitative estimate of drug-likeness (QED) is 0.689. The fraction of sp³-hybridized carbons (Fsp3) is 0.882. The number of hydrogen-bond donors (Lipinski definition) is 1. The van der Waals surface area contributed by atoms with Gasteiger partial charge >= 0.3 is 0 Å². The molecule has 1 atom stereocenters. The third-order valence-corrected chi connectivity index (χ3v) is 7.44. The lowest BCUT2D eigenvalue weighted by Gasteiger charge is -2.31. The summed E-state index contributed by atoms with van der Waals surface area (Å²) in [4.78, 5) is 26.5. The fourth-order valence-electron chi connectivity index (χ4n) is 4.05. The van der Waals surface area contributed by atoms with Crippen LogP contribution in [0.15, 0.2) is 0 Å². The molecule has 3 fully saturated rings. The van der Waals surface area contributed by atoms with Gasteiger partial charge in [-0.3, -0.25) is 9.59 Å². The van der Waals surface area contributed by atoms with Crippen molar-refractivity contribution in [2.75, 3.05) is 45.1 Å². The highest BCUT2D eigenvalue weighted by atomic mass is 32.2. The number of carbonyl (C=O) groups excluding carboxylic acids is 2. The molecule has 2 aliphatic heterocycles. The van der Waals surface area contributed by atoms with Crippen LogP contribution >= 0.6 is 0 Å². The number of morpholine rings is 1. The number of likely N-dealkylation sites (tertiary alicyclic amines) is 1. The molecule has 0 aromatic rings. The lowest BCUT2D eigenvalue weighted by molar-refractivity contribution is -0.130. The topological polar surface area (TPSA) is 96.0 Å². The second kappa shape index (κ2) is 8.67. The van der Waals surface area contributed by atoms with Crippen molar-refractivity contribution in [2.45, 2.75) is 44.6 Å². The van der Waals surface area contributed by atoms with Crippen LogP contribution in [0.5, 0.6) is 0 Å². The molecule has 1 N–H and O–H groups in total. The molecular weight excluding hydrogens is 358 g/mol. The normalized spacial score (nSPS) is 26.2. The minimum Gasteiger partial charge on any atom is -0.379 e. The van der Waals surface area contributed by atoms with Crippen molar-refractivity contribution < 1.29 is 22.7 Å². The van der Waals surface area contributed by atoms with Gasteiger partial charge in [-0.15, -0.1) is 0 Å². The van der Waals surface area contributed by atoms with Crippen molar-refractivity contribution in [1.29, 1.82) is 0 Å². The SMILES string of the molecule is O=C(NCCS(=O)(=O)N1CCOCC1)C1CC(=O)N(C2CCCCC2)C1. The van der Waals surface area contributed by atoms with E-state index in [1.165, 1.54) is 10.7 Å². The molecule has 2 heterocycles. The van der Waals surface area contributed by atoms with Gasteiger partial charge in [0, 0.05) is 38.6 Å². The first-order chi connectivity index (χ1) is 12.5. The molecule has 0 aromatic carbocycles. The number of carbonyl (C=O) groups is 2. The summed E-state index contributed by atoms with van der Waals surface area (Å²) in [6, 6.07) is 0.274. The van der Waals surface area contributed by atoms with Crippen molar-refractivity contribution >= 4 is 21.8 Å². The molecule has 3 aliphatic rings. The van der Waals surface area contributed by atoms with Crippen LogP contribution in [0.4, 0.5) is 0 Å². The molecule has 1 saturated carbocycles. The van der Waals surface area contributed by atoms with E-state index in [0.29, 0.717) is 32.8 Å². The summed E-state index contributed by atoms with van der Waals surface area (Å²) < 4.78 is 31.1. The molecule has 2 saturated heterocycles. The van der Waals surface area contributed by atoms with Crippen LogP contribution in [0.2, 0.25) is 0 Å². The summed E-state index contributed by atoms with van der Waals surface area (Å²) in [7, 11) is -3.38. The van der Waals surface area contributed by atoms with E-state index >= 15 is 0 Å². The summed E-state index contributed by atoms with van der Waals surface area (Å²) >= 11 is 0. The Bertz CT molecular complexity index is 612. The van der Waals surface area contributed by atoms with Crippen LogP contribution in [0.1, 0.15) is 38.5 Å². The molecule has 1 aliphatic carbocycles. The second-order valence-electron chi connectivity index (χ2n) is 7.36. The molecule has 0 spiro atoms. The van der Waals surface area contributed by atoms with E-state index in [4.69, 9.17) is 4.74 Å². The van der Waals surface area contributed by atoms with Gasteiger partial charge in [0.15, 0.2) is 0 Å². The first kappa shape index (κ1) is 19.6. The first-order valence-electron chi connectivity index (χ1n) is 9.60. The molecule has 148 valence electrons. The maximum atomic E-state index is 12.4. The molecular formula is C17H29N3O5S. The van der Waals surface area contributed by atoms with Gasteiger partial charge in [0.1, 0.15) is 0 Å². The standard InChI is InChI=1S/C17H29N3O5S/c21-16-12-14(13-20(16)15-4-2-1-3-5-15)17(22)18-6-11-26(23,24)19-7-9-25-10-8-19/h14-15H,1-13H2,(H,18,22). The summed E-state index contributed by atoms with van der Waals surface area (Å²) in [5.74, 6) is -0.645. The molecule has 8 nitrogen and oxygen atoms in total. The summed E-state index contributed by atoms with van der Waals surface area (Å²) in [5.41, 5.74) is 0. The lowest BCUT2D eigenvalue weighted by Crippen LogP contribution is -2.44. The molecule has 26 heavy (non-hydrogen) atoms. The number of nitrogens with zero attached hydrogens (tertiary/aromatic N) is 2. The van der Waals surface area contributed by atoms with Gasteiger partial charge < -0.3 is 15.0 Å². The number of rotatable bonds is 6. The number of hydrogen-bond acceptors (Lipinski definition) is 5. The third kappa shape index (κ3) is 4.75. The Kier molecular flexibility index (Phi) is 6.52. The van der Waals surface area contributed by atoms with E-state index in [2.05, 4.69) is 5.32 Å². The van der Waals surface area contributed by atoms with Gasteiger partial charge in [-0.25, -0.2) is 8.42 Å². The van der Waals surface area contributed by atoms with Gasteiger partial charge in [0.2, 0.25) is 21.8 Å². The Morgan fingerprint density at radius 3 is 2.54 bits per heavy atom. The fourth-order valence-corrected chi connectivity index (χ4v) is 5.38. The maximum absolute atomic E-state index is 12.4. The van der Waals surface area contributed by atoms with Crippen molar-refractivity contribution in [3.05, 3.63) is 0 Å². The van der Waals surface area contributed by atoms with Crippen LogP contribution in [0.3, 0.4) is 0 Å². The molecule has 9 heteroatoms. The minimum absolute atomic E-state index is 0.0537. The van der Waals surface area contributed by atoms with E-state index in [1.807, 2.05) is 4.90 Å². The number of ether oxygens (including phenoxy) is 1. The smallest absolute Gasteiger partial charge is 0.225 e. The molecule has 0 radical (unpaired) electrons. The number of nitrogens with one attached hydrogen (secondary N) is 1. The Labute approximate surface area is 155 Å². The van der Waals surface area contributed by atoms with Crippen molar-refractivity contribution in [2.24, 2.45) is 5.92 Å². The molecule has 0 bridgehead atoms. The molecule has 3 rings (SSSR count). The Balaban J connectivity index is 1.44. The zero-order valence-corrected chi connectivity index (χ0v) is 16.0. The van der Waals surface area contributed by atoms with Crippen molar-refractivity contribution in [1.82, 2.24) is 14.5 Å². The van der Waals surface area contributed by atoms with E-state index in [1.54, 1.807) is 0 Å². The first-order valence-corrected chi connectivity index (χ1v) is 11.2. The molecule has 1 unspecified atom stereocenters. The molecule has 2 amide bonds. The predicted molar refractivity (Wildman–Crippen MR) is 95.9 cm³/mol. The van der Waals surface area contributed by atoms with E-state index in [9.17, 15) is 18.0 Å². The summed E-state index contributed by atoms with van der Waals surface area (Å²) in [5, 5.41) is 2.71. The summed E-state index contributed by atoms with van der Waals surface area (Å²) in [6.07, 6.45) is 5.80. The van der Waals surface area contributed by atoms with Gasteiger partial charge in [0.25, 0.3) is 0 Å². The van der Waals surface area contributed by atoms with Crippen molar-refractivity contribution in [3.8, 4) is 0 Å². The average molecular weight is 388 g/mol. The Hall–Kier alpha value is -1.19. The predicted octanol–water partition coefficient (Wildman–Crippen LogP) is -0.0542. The van der Waals surface area contributed by atoms with Crippen LogP contribution in [0, 0.1) is 5.92 Å². The molecule has 0 aromatic heterocycles. The van der Waals surface area contributed by atoms with Gasteiger partial charge in [-0.1, -0.05) is 19.3 Å². The maximum Gasteiger partial charge on any atom is 0.225 e. The van der Waals surface area contributed by atoms with Crippen LogP contribution in [-0.4, -0.2) is 80.6 Å². The second-order valence-corrected chi connectivity index (χ2v) is 9.45. The Morgan fingerprint density at radius 1 is 1.15 bits per heavy atom. The highest BCUT2D eigenvalue weighted by molar-refractivity contribution is 7.89. The Morgan fingerprint density at radius 2 is 1.85 bits per heavy atom. The monoisotopic (exact) mass is 387 g/mol. The van der Waals surface area contributed by atoms with Crippen molar-refractivity contribution in [3.63, 3.8) is 0 Å². The van der Waals surface area contributed by atoms with Crippen LogP contribution in [0.25, 0.3) is 0 Å². The lowest BCUT2D eigenvalue weighted by atomic mass is 9.94. The third-order valence-electron chi connectivity index (χ3n) is 5.57. The van der Waals surface area contributed by atoms with Crippen LogP contribution < -0.4 is 5.32 Å². The van der Waals surface area contributed by atoms with E-state index in [-0.39, 0.29) is 42.5 Å². The number of amides is 2. The van der Waals surface area contributed by atoms with Gasteiger partial charge in [-0.2, -0.15) is 4.31 Å². The minimum atomic E-state index is -3.38. The largest absolute Gasteiger partial charge is 0.379 e. The highest BCUT2D eigenvalue weighted by Gasteiger charge is 2.38. The average Bonchev–Trinajstić information content (AvgIpc) is 3.05. The summed E-state index contributed by atoms with van der Waals surface area (Å²) in [6.45, 7) is 2.09. The van der Waals surface area contributed by atoms with Crippen LogP contribution in [-0.2, 0) is 24.3 Å². The van der Waals surface area contributed by atoms with E-state index in [0.717, 1.165) is 25.7 Å². The number of sulfonamides is 1. The zero-order valence-electron chi connectivity index (χ0n) is 15.2. The van der Waals surface area contributed by atoms with Gasteiger partial charge in [0.05, 0.1) is 24.9 Å². The van der Waals surface area contributed by atoms with Gasteiger partial charge in [-0.05, 0) is 12.8 Å². The highest BCUT2D eigenvalue weighted by Crippen LogP contribution is 2.28. The zero-order chi connectivity index (χ0) is 18.6.